The van der Waals surface area contributed by atoms with Crippen LogP contribution < -0.4 is 10.9 Å². The van der Waals surface area contributed by atoms with Crippen molar-refractivity contribution in [1.29, 1.82) is 0 Å². The molecule has 1 atom stereocenters. The van der Waals surface area contributed by atoms with Gasteiger partial charge in [0, 0.05) is 6.54 Å². The summed E-state index contributed by atoms with van der Waals surface area (Å²) in [6.07, 6.45) is -9.71. The summed E-state index contributed by atoms with van der Waals surface area (Å²) in [7, 11) is 0. The summed E-state index contributed by atoms with van der Waals surface area (Å²) in [6, 6.07) is 1.05. The Bertz CT molecular complexity index is 568. The van der Waals surface area contributed by atoms with Gasteiger partial charge in [0.15, 0.2) is 5.92 Å². The number of halogens is 8. The molecule has 0 aliphatic rings. The fraction of sp³-hybridized carbons (Fsp3) is 0.364. The van der Waals surface area contributed by atoms with Crippen molar-refractivity contribution in [3.05, 3.63) is 27.7 Å². The lowest BCUT2D eigenvalue weighted by Gasteiger charge is -2.19. The minimum atomic E-state index is -5.01. The van der Waals surface area contributed by atoms with Crippen LogP contribution in [0.25, 0.3) is 0 Å². The number of carboxylic acid groups (broad SMARTS) is 1. The highest BCUT2D eigenvalue weighted by Gasteiger charge is 2.44. The zero-order chi connectivity index (χ0) is 18.0. The molecule has 0 fully saturated rings. The number of hydrogen-bond donors (Lipinski definition) is 3. The number of nitrogens with one attached hydrogen (secondary N) is 2. The maximum Gasteiger partial charge on any atom is 0.416 e. The van der Waals surface area contributed by atoms with Crippen LogP contribution in [-0.4, -0.2) is 23.8 Å². The van der Waals surface area contributed by atoms with Crippen molar-refractivity contribution in [2.75, 3.05) is 12.0 Å². The molecule has 0 saturated heterocycles. The van der Waals surface area contributed by atoms with Gasteiger partial charge < -0.3 is 10.5 Å². The fourth-order valence-electron chi connectivity index (χ4n) is 1.44. The molecule has 0 spiro atoms. The molecule has 1 rings (SSSR count). The van der Waals surface area contributed by atoms with Gasteiger partial charge in [-0.05, 0) is 12.1 Å². The summed E-state index contributed by atoms with van der Waals surface area (Å²) in [5.74, 6) is -4.83. The number of aliphatic carboxylic acids is 1. The molecule has 0 aliphatic heterocycles. The topological polar surface area (TPSA) is 61.4 Å². The molecule has 4 nitrogen and oxygen atoms in total. The lowest BCUT2D eigenvalue weighted by atomic mass is 10.1. The largest absolute Gasteiger partial charge is 0.481 e. The van der Waals surface area contributed by atoms with Gasteiger partial charge in [-0.2, -0.15) is 26.3 Å². The highest BCUT2D eigenvalue weighted by molar-refractivity contribution is 6.39. The van der Waals surface area contributed by atoms with Gasteiger partial charge in [-0.15, -0.1) is 0 Å². The van der Waals surface area contributed by atoms with E-state index in [2.05, 4.69) is 5.43 Å². The van der Waals surface area contributed by atoms with E-state index < -0.39 is 46.4 Å². The van der Waals surface area contributed by atoms with Crippen molar-refractivity contribution in [2.45, 2.75) is 12.4 Å². The van der Waals surface area contributed by atoms with Crippen molar-refractivity contribution in [2.24, 2.45) is 5.92 Å². The van der Waals surface area contributed by atoms with Crippen LogP contribution in [0.4, 0.5) is 32.0 Å². The monoisotopic (exact) mass is 384 g/mol. The lowest BCUT2D eigenvalue weighted by Crippen LogP contribution is -2.41. The predicted molar refractivity (Wildman–Crippen MR) is 70.3 cm³/mol. The van der Waals surface area contributed by atoms with E-state index in [-0.39, 0.29) is 5.69 Å². The van der Waals surface area contributed by atoms with E-state index in [1.807, 2.05) is 5.43 Å². The van der Waals surface area contributed by atoms with Gasteiger partial charge in [-0.3, -0.25) is 4.79 Å². The van der Waals surface area contributed by atoms with Crippen LogP contribution in [0.15, 0.2) is 12.1 Å². The van der Waals surface area contributed by atoms with Crippen molar-refractivity contribution < 1.29 is 36.2 Å². The van der Waals surface area contributed by atoms with Crippen molar-refractivity contribution in [3.8, 4) is 0 Å². The van der Waals surface area contributed by atoms with E-state index in [0.717, 1.165) is 0 Å². The molecule has 12 heteroatoms. The minimum absolute atomic E-state index is 0.312. The first-order chi connectivity index (χ1) is 10.3. The average molecular weight is 385 g/mol. The number of anilines is 1. The van der Waals surface area contributed by atoms with Crippen molar-refractivity contribution in [3.63, 3.8) is 0 Å². The van der Waals surface area contributed by atoms with Gasteiger partial charge in [-0.1, -0.05) is 23.2 Å². The molecule has 1 unspecified atom stereocenters. The quantitative estimate of drug-likeness (QED) is 0.526. The number of carboxylic acids is 1. The summed E-state index contributed by atoms with van der Waals surface area (Å²) in [4.78, 5) is 10.5. The minimum Gasteiger partial charge on any atom is -0.481 e. The molecule has 3 N–H and O–H groups in total. The summed E-state index contributed by atoms with van der Waals surface area (Å²) in [5.41, 5.74) is 2.55. The van der Waals surface area contributed by atoms with E-state index in [0.29, 0.717) is 12.1 Å². The Kier molecular flexibility index (Phi) is 6.00. The second-order valence-electron chi connectivity index (χ2n) is 4.25. The van der Waals surface area contributed by atoms with E-state index in [1.165, 1.54) is 0 Å². The van der Waals surface area contributed by atoms with Gasteiger partial charge in [0.1, 0.15) is 0 Å². The Morgan fingerprint density at radius 1 is 1.13 bits per heavy atom. The molecule has 23 heavy (non-hydrogen) atoms. The van der Waals surface area contributed by atoms with Gasteiger partial charge >= 0.3 is 18.3 Å². The third kappa shape index (κ3) is 5.33. The van der Waals surface area contributed by atoms with Crippen molar-refractivity contribution in [1.82, 2.24) is 5.43 Å². The normalized spacial score (nSPS) is 13.7. The molecule has 0 saturated carbocycles. The zero-order valence-corrected chi connectivity index (χ0v) is 12.3. The van der Waals surface area contributed by atoms with Crippen LogP contribution in [0.2, 0.25) is 10.0 Å². The van der Waals surface area contributed by atoms with E-state index >= 15 is 0 Å². The highest BCUT2D eigenvalue weighted by Crippen LogP contribution is 2.38. The maximum atomic E-state index is 12.5. The third-order valence-electron chi connectivity index (χ3n) is 2.58. The molecule has 130 valence electrons. The molecular formula is C11H8Cl2F6N2O2. The molecule has 1 aromatic carbocycles. The Labute approximate surface area is 135 Å². The van der Waals surface area contributed by atoms with Crippen LogP contribution in [0.5, 0.6) is 0 Å². The van der Waals surface area contributed by atoms with Crippen LogP contribution in [0, 0.1) is 5.92 Å². The molecule has 0 aliphatic carbocycles. The smallest absolute Gasteiger partial charge is 0.416 e. The lowest BCUT2D eigenvalue weighted by molar-refractivity contribution is -0.192. The summed E-state index contributed by atoms with van der Waals surface area (Å²) < 4.78 is 74.8. The van der Waals surface area contributed by atoms with Crippen LogP contribution in [0.1, 0.15) is 5.56 Å². The van der Waals surface area contributed by atoms with Crippen LogP contribution in [0.3, 0.4) is 0 Å². The SMILES string of the molecule is O=C(O)C(CNNc1c(Cl)cc(C(F)(F)F)cc1Cl)C(F)(F)F. The van der Waals surface area contributed by atoms with Gasteiger partial charge in [0.2, 0.25) is 0 Å². The third-order valence-corrected chi connectivity index (χ3v) is 3.18. The molecule has 1 aromatic rings. The Hall–Kier alpha value is -1.39. The first-order valence-corrected chi connectivity index (χ1v) is 6.44. The second-order valence-corrected chi connectivity index (χ2v) is 5.07. The van der Waals surface area contributed by atoms with E-state index in [1.54, 1.807) is 0 Å². The van der Waals surface area contributed by atoms with E-state index in [4.69, 9.17) is 28.3 Å². The first kappa shape index (κ1) is 19.7. The fourth-order valence-corrected chi connectivity index (χ4v) is 2.02. The number of alkyl halides is 6. The summed E-state index contributed by atoms with van der Waals surface area (Å²) in [6.45, 7) is -1.09. The number of hydrogen-bond acceptors (Lipinski definition) is 3. The number of rotatable bonds is 5. The van der Waals surface area contributed by atoms with Crippen LogP contribution in [-0.2, 0) is 11.0 Å². The molecule has 0 aromatic heterocycles. The Morgan fingerprint density at radius 2 is 1.61 bits per heavy atom. The maximum absolute atomic E-state index is 12.5. The summed E-state index contributed by atoms with van der Waals surface area (Å²) >= 11 is 11.2. The highest BCUT2D eigenvalue weighted by atomic mass is 35.5. The van der Waals surface area contributed by atoms with E-state index in [9.17, 15) is 31.1 Å². The van der Waals surface area contributed by atoms with Gasteiger partial charge in [0.05, 0.1) is 21.3 Å². The molecular weight excluding hydrogens is 377 g/mol. The molecule has 0 radical (unpaired) electrons. The molecule has 0 bridgehead atoms. The Morgan fingerprint density at radius 3 is 1.96 bits per heavy atom. The summed E-state index contributed by atoms with van der Waals surface area (Å²) in [5, 5.41) is 7.47. The molecule has 0 heterocycles. The first-order valence-electron chi connectivity index (χ1n) is 5.68. The number of hydrazine groups is 1. The second kappa shape index (κ2) is 7.02. The average Bonchev–Trinajstić information content (AvgIpc) is 2.33. The van der Waals surface area contributed by atoms with Crippen molar-refractivity contribution >= 4 is 34.9 Å². The number of benzene rings is 1. The van der Waals surface area contributed by atoms with Crippen LogP contribution >= 0.6 is 23.2 Å². The molecule has 0 amide bonds. The van der Waals surface area contributed by atoms with Gasteiger partial charge in [0.25, 0.3) is 0 Å². The van der Waals surface area contributed by atoms with Gasteiger partial charge in [-0.25, -0.2) is 5.43 Å². The number of carbonyl (C=O) groups is 1. The predicted octanol–water partition coefficient (Wildman–Crippen LogP) is 4.19. The Balaban J connectivity index is 2.85. The standard InChI is InChI=1S/C11H8Cl2F6N2O2/c12-6-1-4(10(14,15)16)2-7(13)8(6)21-20-3-5(9(22)23)11(17,18)19/h1-2,5,20-21H,3H2,(H,22,23). The zero-order valence-electron chi connectivity index (χ0n) is 10.8.